The summed E-state index contributed by atoms with van der Waals surface area (Å²) in [5, 5.41) is 15.6. The first-order valence-electron chi connectivity index (χ1n) is 6.84. The number of aromatic nitrogens is 3. The highest BCUT2D eigenvalue weighted by molar-refractivity contribution is 7.99. The van der Waals surface area contributed by atoms with Crippen molar-refractivity contribution in [2.45, 2.75) is 9.92 Å². The highest BCUT2D eigenvalue weighted by Gasteiger charge is 2.24. The quantitative estimate of drug-likeness (QED) is 0.370. The Balaban J connectivity index is 1.94. The maximum atomic E-state index is 11.5. The Labute approximate surface area is 156 Å². The summed E-state index contributed by atoms with van der Waals surface area (Å²) in [6.45, 7) is 0. The van der Waals surface area contributed by atoms with Crippen molar-refractivity contribution in [3.8, 4) is 0 Å². The zero-order chi connectivity index (χ0) is 17.8. The minimum absolute atomic E-state index is 0.0475. The number of halogens is 2. The molecule has 0 unspecified atom stereocenters. The maximum absolute atomic E-state index is 11.5. The number of rotatable bonds is 5. The highest BCUT2D eigenvalue weighted by Crippen LogP contribution is 2.37. The molecule has 0 aliphatic carbocycles. The van der Waals surface area contributed by atoms with Crippen molar-refractivity contribution in [2.24, 2.45) is 0 Å². The lowest BCUT2D eigenvalue weighted by atomic mass is 10.4. The summed E-state index contributed by atoms with van der Waals surface area (Å²) >= 11 is 12.8. The maximum Gasteiger partial charge on any atom is 0.343 e. The van der Waals surface area contributed by atoms with Gasteiger partial charge in [-0.1, -0.05) is 35.0 Å². The summed E-state index contributed by atoms with van der Waals surface area (Å²) in [6, 6.07) is 10.1. The second-order valence-electron chi connectivity index (χ2n) is 4.68. The zero-order valence-electron chi connectivity index (χ0n) is 12.4. The van der Waals surface area contributed by atoms with Crippen molar-refractivity contribution in [2.75, 3.05) is 5.32 Å². The third kappa shape index (κ3) is 4.36. The van der Waals surface area contributed by atoms with Gasteiger partial charge < -0.3 is 5.32 Å². The lowest BCUT2D eigenvalue weighted by Gasteiger charge is -2.08. The first-order chi connectivity index (χ1) is 12.0. The topological polar surface area (TPSA) is 93.8 Å². The van der Waals surface area contributed by atoms with Gasteiger partial charge in [0, 0.05) is 16.1 Å². The van der Waals surface area contributed by atoms with Crippen molar-refractivity contribution in [1.29, 1.82) is 0 Å². The van der Waals surface area contributed by atoms with Gasteiger partial charge in [-0.25, -0.2) is 15.0 Å². The van der Waals surface area contributed by atoms with E-state index in [1.165, 1.54) is 12.5 Å². The van der Waals surface area contributed by atoms with E-state index in [2.05, 4.69) is 20.3 Å². The van der Waals surface area contributed by atoms with Gasteiger partial charge in [0.05, 0.1) is 9.95 Å². The summed E-state index contributed by atoms with van der Waals surface area (Å²) in [6.07, 6.45) is 2.68. The summed E-state index contributed by atoms with van der Waals surface area (Å²) in [7, 11) is 0. The van der Waals surface area contributed by atoms with Gasteiger partial charge in [-0.05, 0) is 36.4 Å². The van der Waals surface area contributed by atoms with Gasteiger partial charge in [0.2, 0.25) is 5.82 Å². The van der Waals surface area contributed by atoms with E-state index < -0.39 is 4.92 Å². The molecule has 0 amide bonds. The molecule has 0 saturated heterocycles. The predicted octanol–water partition coefficient (Wildman–Crippen LogP) is 4.98. The minimum atomic E-state index is -0.531. The lowest BCUT2D eigenvalue weighted by Crippen LogP contribution is -2.03. The molecule has 0 radical (unpaired) electrons. The second-order valence-corrected chi connectivity index (χ2v) is 6.61. The van der Waals surface area contributed by atoms with Crippen molar-refractivity contribution in [1.82, 2.24) is 15.0 Å². The lowest BCUT2D eigenvalue weighted by molar-refractivity contribution is -0.387. The Hall–Kier alpha value is -2.42. The average molecular weight is 394 g/mol. The number of pyridine rings is 1. The molecular weight excluding hydrogens is 385 g/mol. The van der Waals surface area contributed by atoms with Crippen LogP contribution in [0.3, 0.4) is 0 Å². The molecule has 10 heteroatoms. The van der Waals surface area contributed by atoms with Gasteiger partial charge in [-0.15, -0.1) is 0 Å². The van der Waals surface area contributed by atoms with Gasteiger partial charge >= 0.3 is 5.69 Å². The van der Waals surface area contributed by atoms with E-state index in [4.69, 9.17) is 23.2 Å². The van der Waals surface area contributed by atoms with Crippen molar-refractivity contribution in [3.05, 3.63) is 69.1 Å². The van der Waals surface area contributed by atoms with Crippen LogP contribution in [0.2, 0.25) is 10.0 Å². The summed E-state index contributed by atoms with van der Waals surface area (Å²) in [5.41, 5.74) is -0.237. The molecule has 0 saturated carbocycles. The molecule has 3 rings (SSSR count). The van der Waals surface area contributed by atoms with Crippen LogP contribution in [0.5, 0.6) is 0 Å². The number of nitro groups is 1. The van der Waals surface area contributed by atoms with Gasteiger partial charge in [0.25, 0.3) is 0 Å². The van der Waals surface area contributed by atoms with E-state index in [1.54, 1.807) is 36.4 Å². The molecular formula is C15H9Cl2N5O2S. The molecule has 1 aromatic carbocycles. The SMILES string of the molecule is O=[N+]([O-])c1c(Nc2ccc(Cl)cn2)ncnc1Sc1ccc(Cl)cc1. The molecule has 0 aliphatic rings. The monoisotopic (exact) mass is 393 g/mol. The molecule has 126 valence electrons. The van der Waals surface area contributed by atoms with E-state index in [9.17, 15) is 10.1 Å². The molecule has 2 heterocycles. The van der Waals surface area contributed by atoms with Gasteiger partial charge in [-0.3, -0.25) is 10.1 Å². The molecule has 0 fully saturated rings. The third-order valence-electron chi connectivity index (χ3n) is 2.97. The Morgan fingerprint density at radius 3 is 2.36 bits per heavy atom. The van der Waals surface area contributed by atoms with Crippen LogP contribution in [0.1, 0.15) is 0 Å². The molecule has 2 aromatic heterocycles. The Morgan fingerprint density at radius 1 is 1.00 bits per heavy atom. The fourth-order valence-corrected chi connectivity index (χ4v) is 2.98. The molecule has 0 spiro atoms. The van der Waals surface area contributed by atoms with Crippen LogP contribution in [0.4, 0.5) is 17.3 Å². The zero-order valence-corrected chi connectivity index (χ0v) is 14.7. The van der Waals surface area contributed by atoms with Crippen LogP contribution in [0, 0.1) is 10.1 Å². The minimum Gasteiger partial charge on any atom is -0.319 e. The molecule has 1 N–H and O–H groups in total. The number of hydrogen-bond donors (Lipinski definition) is 1. The number of benzene rings is 1. The standard InChI is InChI=1S/C15H9Cl2N5O2S/c16-9-1-4-11(5-2-9)25-15-13(22(23)24)14(19-8-20-15)21-12-6-3-10(17)7-18-12/h1-8H,(H,18,19,20,21). The van der Waals surface area contributed by atoms with E-state index in [0.29, 0.717) is 15.9 Å². The summed E-state index contributed by atoms with van der Waals surface area (Å²) in [5.74, 6) is 0.430. The molecule has 0 atom stereocenters. The van der Waals surface area contributed by atoms with Gasteiger partial charge in [0.15, 0.2) is 5.03 Å². The van der Waals surface area contributed by atoms with Crippen LogP contribution in [-0.4, -0.2) is 19.9 Å². The highest BCUT2D eigenvalue weighted by atomic mass is 35.5. The Bertz CT molecular complexity index is 841. The van der Waals surface area contributed by atoms with Crippen LogP contribution in [0.15, 0.2) is 58.8 Å². The Morgan fingerprint density at radius 2 is 1.72 bits per heavy atom. The van der Waals surface area contributed by atoms with E-state index in [-0.39, 0.29) is 16.5 Å². The predicted molar refractivity (Wildman–Crippen MR) is 96.8 cm³/mol. The van der Waals surface area contributed by atoms with Crippen molar-refractivity contribution >= 4 is 52.3 Å². The summed E-state index contributed by atoms with van der Waals surface area (Å²) in [4.78, 5) is 23.8. The van der Waals surface area contributed by atoms with Crippen LogP contribution < -0.4 is 5.32 Å². The number of hydrogen-bond acceptors (Lipinski definition) is 7. The fraction of sp³-hybridized carbons (Fsp3) is 0. The van der Waals surface area contributed by atoms with Crippen molar-refractivity contribution < 1.29 is 4.92 Å². The molecule has 25 heavy (non-hydrogen) atoms. The van der Waals surface area contributed by atoms with E-state index in [0.717, 1.165) is 16.7 Å². The molecule has 0 aliphatic heterocycles. The first kappa shape index (κ1) is 17.4. The van der Waals surface area contributed by atoms with E-state index >= 15 is 0 Å². The van der Waals surface area contributed by atoms with Crippen LogP contribution in [0.25, 0.3) is 0 Å². The smallest absolute Gasteiger partial charge is 0.319 e. The second kappa shape index (κ2) is 7.64. The number of anilines is 2. The number of nitrogens with zero attached hydrogens (tertiary/aromatic N) is 4. The van der Waals surface area contributed by atoms with Crippen molar-refractivity contribution in [3.63, 3.8) is 0 Å². The van der Waals surface area contributed by atoms with E-state index in [1.807, 2.05) is 0 Å². The normalized spacial score (nSPS) is 10.5. The summed E-state index contributed by atoms with van der Waals surface area (Å²) < 4.78 is 0. The molecule has 7 nitrogen and oxygen atoms in total. The van der Waals surface area contributed by atoms with Gasteiger partial charge in [-0.2, -0.15) is 0 Å². The number of nitrogens with one attached hydrogen (secondary N) is 1. The molecule has 0 bridgehead atoms. The molecule has 3 aromatic rings. The average Bonchev–Trinajstić information content (AvgIpc) is 2.59. The first-order valence-corrected chi connectivity index (χ1v) is 8.41. The third-order valence-corrected chi connectivity index (χ3v) is 4.45. The largest absolute Gasteiger partial charge is 0.343 e. The van der Waals surface area contributed by atoms with Crippen LogP contribution >= 0.6 is 35.0 Å². The van der Waals surface area contributed by atoms with Gasteiger partial charge in [0.1, 0.15) is 12.1 Å². The Kier molecular flexibility index (Phi) is 5.32. The fourth-order valence-electron chi connectivity index (χ4n) is 1.88. The van der Waals surface area contributed by atoms with Crippen LogP contribution in [-0.2, 0) is 0 Å².